The summed E-state index contributed by atoms with van der Waals surface area (Å²) in [4.78, 5) is 31.6. The van der Waals surface area contributed by atoms with Crippen molar-refractivity contribution in [2.45, 2.75) is 39.7 Å². The Morgan fingerprint density at radius 3 is 2.76 bits per heavy atom. The number of hydrogen-bond acceptors (Lipinski definition) is 4. The molecule has 196 valence electrons. The van der Waals surface area contributed by atoms with Crippen LogP contribution in [-0.4, -0.2) is 47.9 Å². The number of carbonyl (C=O) groups is 2. The van der Waals surface area contributed by atoms with Crippen molar-refractivity contribution in [2.75, 3.05) is 26.2 Å². The fourth-order valence-corrected chi connectivity index (χ4v) is 5.53. The van der Waals surface area contributed by atoms with Crippen molar-refractivity contribution in [3.63, 3.8) is 0 Å². The molecule has 0 aliphatic carbocycles. The summed E-state index contributed by atoms with van der Waals surface area (Å²) in [6.45, 7) is 7.25. The molecule has 1 aromatic heterocycles. The van der Waals surface area contributed by atoms with Crippen LogP contribution in [0.3, 0.4) is 0 Å². The SMILES string of the molecule is Cc1cc(OCC2c3ccsc3CCN2C(=O)CN(CCC(C)C)C(=O)c2cccc(F)c2)ccc1Cl. The molecular formula is C29H32ClFN2O3S. The van der Waals surface area contributed by atoms with Gasteiger partial charge < -0.3 is 14.5 Å². The molecular weight excluding hydrogens is 511 g/mol. The van der Waals surface area contributed by atoms with E-state index in [0.717, 1.165) is 24.0 Å². The zero-order chi connectivity index (χ0) is 26.5. The Labute approximate surface area is 226 Å². The Bertz CT molecular complexity index is 1260. The summed E-state index contributed by atoms with van der Waals surface area (Å²) in [5.74, 6) is 0.0795. The van der Waals surface area contributed by atoms with Gasteiger partial charge in [-0.3, -0.25) is 9.59 Å². The molecule has 2 amide bonds. The molecule has 1 atom stereocenters. The molecule has 37 heavy (non-hydrogen) atoms. The van der Waals surface area contributed by atoms with E-state index in [9.17, 15) is 14.0 Å². The fourth-order valence-electron chi connectivity index (χ4n) is 4.48. The van der Waals surface area contributed by atoms with E-state index in [1.807, 2.05) is 29.3 Å². The first-order valence-electron chi connectivity index (χ1n) is 12.5. The van der Waals surface area contributed by atoms with Crippen LogP contribution in [0.5, 0.6) is 5.75 Å². The van der Waals surface area contributed by atoms with Gasteiger partial charge in [0.2, 0.25) is 5.91 Å². The largest absolute Gasteiger partial charge is 0.491 e. The van der Waals surface area contributed by atoms with Gasteiger partial charge in [0.15, 0.2) is 0 Å². The molecule has 0 radical (unpaired) electrons. The van der Waals surface area contributed by atoms with Crippen LogP contribution in [0.2, 0.25) is 5.02 Å². The highest BCUT2D eigenvalue weighted by atomic mass is 35.5. The molecule has 1 aliphatic heterocycles. The summed E-state index contributed by atoms with van der Waals surface area (Å²) >= 11 is 7.85. The van der Waals surface area contributed by atoms with E-state index in [2.05, 4.69) is 19.9 Å². The zero-order valence-corrected chi connectivity index (χ0v) is 22.9. The number of nitrogens with zero attached hydrogens (tertiary/aromatic N) is 2. The van der Waals surface area contributed by atoms with Crippen LogP contribution in [0.15, 0.2) is 53.9 Å². The van der Waals surface area contributed by atoms with E-state index in [4.69, 9.17) is 16.3 Å². The lowest BCUT2D eigenvalue weighted by Gasteiger charge is -2.37. The van der Waals surface area contributed by atoms with Crippen LogP contribution in [0.25, 0.3) is 0 Å². The van der Waals surface area contributed by atoms with Gasteiger partial charge in [-0.05, 0) is 84.7 Å². The van der Waals surface area contributed by atoms with Crippen molar-refractivity contribution in [3.05, 3.63) is 86.3 Å². The molecule has 0 saturated heterocycles. The quantitative estimate of drug-likeness (QED) is 0.308. The van der Waals surface area contributed by atoms with Crippen molar-refractivity contribution in [1.29, 1.82) is 0 Å². The van der Waals surface area contributed by atoms with Crippen LogP contribution in [0, 0.1) is 18.7 Å². The third-order valence-corrected chi connectivity index (χ3v) is 8.03. The number of hydrogen-bond donors (Lipinski definition) is 0. The number of carbonyl (C=O) groups excluding carboxylic acids is 2. The van der Waals surface area contributed by atoms with Gasteiger partial charge in [-0.25, -0.2) is 4.39 Å². The Hall–Kier alpha value is -2.90. The average Bonchev–Trinajstić information content (AvgIpc) is 3.35. The maximum absolute atomic E-state index is 13.8. The lowest BCUT2D eigenvalue weighted by atomic mass is 10.00. The second-order valence-corrected chi connectivity index (χ2v) is 11.2. The van der Waals surface area contributed by atoms with Gasteiger partial charge in [-0.15, -0.1) is 11.3 Å². The molecule has 0 bridgehead atoms. The first-order chi connectivity index (χ1) is 17.7. The summed E-state index contributed by atoms with van der Waals surface area (Å²) in [5.41, 5.74) is 2.25. The predicted molar refractivity (Wildman–Crippen MR) is 146 cm³/mol. The minimum atomic E-state index is -0.475. The summed E-state index contributed by atoms with van der Waals surface area (Å²) in [6, 6.07) is 12.9. The van der Waals surface area contributed by atoms with Crippen molar-refractivity contribution >= 4 is 34.8 Å². The number of benzene rings is 2. The van der Waals surface area contributed by atoms with Crippen LogP contribution in [0.4, 0.5) is 4.39 Å². The van der Waals surface area contributed by atoms with E-state index in [0.29, 0.717) is 36.4 Å². The van der Waals surface area contributed by atoms with Gasteiger partial charge in [0.05, 0.1) is 6.04 Å². The minimum absolute atomic E-state index is 0.0713. The van der Waals surface area contributed by atoms with E-state index in [1.54, 1.807) is 28.4 Å². The summed E-state index contributed by atoms with van der Waals surface area (Å²) in [6.07, 6.45) is 1.50. The lowest BCUT2D eigenvalue weighted by molar-refractivity contribution is -0.135. The maximum atomic E-state index is 13.8. The molecule has 2 heterocycles. The van der Waals surface area contributed by atoms with E-state index >= 15 is 0 Å². The monoisotopic (exact) mass is 542 g/mol. The number of amides is 2. The highest BCUT2D eigenvalue weighted by Gasteiger charge is 2.33. The Kier molecular flexibility index (Phi) is 8.87. The van der Waals surface area contributed by atoms with Gasteiger partial charge in [0.1, 0.15) is 24.7 Å². The second kappa shape index (κ2) is 12.1. The topological polar surface area (TPSA) is 49.9 Å². The van der Waals surface area contributed by atoms with Gasteiger partial charge in [0.25, 0.3) is 5.91 Å². The molecule has 1 aliphatic rings. The highest BCUT2D eigenvalue weighted by Crippen LogP contribution is 2.34. The van der Waals surface area contributed by atoms with E-state index < -0.39 is 5.82 Å². The number of fused-ring (bicyclic) bond motifs is 1. The molecule has 2 aromatic carbocycles. The molecule has 0 fully saturated rings. The van der Waals surface area contributed by atoms with Crippen LogP contribution < -0.4 is 4.74 Å². The lowest BCUT2D eigenvalue weighted by Crippen LogP contribution is -2.48. The average molecular weight is 543 g/mol. The van der Waals surface area contributed by atoms with Crippen LogP contribution in [0.1, 0.15) is 52.7 Å². The number of aryl methyl sites for hydroxylation is 1. The third-order valence-electron chi connectivity index (χ3n) is 6.61. The van der Waals surface area contributed by atoms with E-state index in [-0.39, 0.29) is 30.0 Å². The first kappa shape index (κ1) is 27.1. The number of halogens is 2. The minimum Gasteiger partial charge on any atom is -0.491 e. The standard InChI is InChI=1S/C29H32ClFN2O3S/c1-19(2)9-12-32(29(35)21-5-4-6-22(31)16-21)17-28(34)33-13-10-27-24(11-14-37-27)26(33)18-36-23-7-8-25(30)20(3)15-23/h4-8,11,14-16,19,26H,9-10,12-13,17-18H2,1-3H3. The molecule has 0 N–H and O–H groups in total. The second-order valence-electron chi connectivity index (χ2n) is 9.79. The molecule has 8 heteroatoms. The number of thiophene rings is 1. The van der Waals surface area contributed by atoms with E-state index in [1.165, 1.54) is 23.1 Å². The van der Waals surface area contributed by atoms with Crippen molar-refractivity contribution in [1.82, 2.24) is 9.80 Å². The summed E-state index contributed by atoms with van der Waals surface area (Å²) in [5, 5.41) is 2.71. The summed E-state index contributed by atoms with van der Waals surface area (Å²) in [7, 11) is 0. The first-order valence-corrected chi connectivity index (χ1v) is 13.8. The normalized spacial score (nSPS) is 15.0. The Balaban J connectivity index is 1.54. The summed E-state index contributed by atoms with van der Waals surface area (Å²) < 4.78 is 20.0. The van der Waals surface area contributed by atoms with Crippen LogP contribution >= 0.6 is 22.9 Å². The van der Waals surface area contributed by atoms with Crippen molar-refractivity contribution < 1.29 is 18.7 Å². The molecule has 0 spiro atoms. The molecule has 1 unspecified atom stereocenters. The third kappa shape index (κ3) is 6.70. The zero-order valence-electron chi connectivity index (χ0n) is 21.4. The Morgan fingerprint density at radius 2 is 2.03 bits per heavy atom. The van der Waals surface area contributed by atoms with Crippen LogP contribution in [-0.2, 0) is 11.2 Å². The van der Waals surface area contributed by atoms with Gasteiger partial charge in [-0.2, -0.15) is 0 Å². The molecule has 3 aromatic rings. The van der Waals surface area contributed by atoms with Crippen molar-refractivity contribution in [3.8, 4) is 5.75 Å². The van der Waals surface area contributed by atoms with Gasteiger partial charge in [0, 0.05) is 28.6 Å². The molecule has 4 rings (SSSR count). The number of ether oxygens (including phenoxy) is 1. The van der Waals surface area contributed by atoms with Crippen molar-refractivity contribution in [2.24, 2.45) is 5.92 Å². The highest BCUT2D eigenvalue weighted by molar-refractivity contribution is 7.10. The predicted octanol–water partition coefficient (Wildman–Crippen LogP) is 6.54. The molecule has 5 nitrogen and oxygen atoms in total. The maximum Gasteiger partial charge on any atom is 0.254 e. The van der Waals surface area contributed by atoms with Gasteiger partial charge >= 0.3 is 0 Å². The number of rotatable bonds is 9. The van der Waals surface area contributed by atoms with Gasteiger partial charge in [-0.1, -0.05) is 31.5 Å². The Morgan fingerprint density at radius 1 is 1.22 bits per heavy atom. The smallest absolute Gasteiger partial charge is 0.254 e. The molecule has 0 saturated carbocycles. The fraction of sp³-hybridized carbons (Fsp3) is 0.379.